The maximum atomic E-state index is 11.8. The molecular formula is C27H32N6O2. The highest BCUT2D eigenvalue weighted by Gasteiger charge is 2.37. The van der Waals surface area contributed by atoms with Gasteiger partial charge in [-0.2, -0.15) is 10.2 Å². The lowest BCUT2D eigenvalue weighted by Crippen LogP contribution is -2.59. The molecule has 0 aliphatic carbocycles. The van der Waals surface area contributed by atoms with Crippen LogP contribution in [0.15, 0.2) is 34.7 Å². The lowest BCUT2D eigenvalue weighted by atomic mass is 9.93. The standard InChI is InChI=1S/C27H32N6O2/c1-17-21(14-28)24-26(35-27(29-24)32-15-20(16-32)31(5)18(2)34)25(23(17)19-10-7-6-8-11-19)33-13-9-12-22(33)30(3)4/h6-8,10-11,20,22H,9,12-13,15-16H2,1-5H3. The maximum absolute atomic E-state index is 11.8. The number of nitriles is 1. The van der Waals surface area contributed by atoms with Crippen LogP contribution in [0.1, 0.15) is 30.9 Å². The Balaban J connectivity index is 1.69. The molecule has 2 aliphatic rings. The molecule has 1 atom stereocenters. The van der Waals surface area contributed by atoms with E-state index in [9.17, 15) is 10.1 Å². The molecule has 2 fully saturated rings. The predicted molar refractivity (Wildman–Crippen MR) is 137 cm³/mol. The fourth-order valence-electron chi connectivity index (χ4n) is 5.40. The number of fused-ring (bicyclic) bond motifs is 1. The van der Waals surface area contributed by atoms with Crippen LogP contribution < -0.4 is 9.80 Å². The Kier molecular flexibility index (Phi) is 5.89. The molecule has 8 nitrogen and oxygen atoms in total. The lowest BCUT2D eigenvalue weighted by molar-refractivity contribution is -0.130. The van der Waals surface area contributed by atoms with Crippen molar-refractivity contribution in [1.29, 1.82) is 5.26 Å². The minimum absolute atomic E-state index is 0.0492. The zero-order chi connectivity index (χ0) is 24.9. The maximum Gasteiger partial charge on any atom is 0.298 e. The minimum Gasteiger partial charge on any atom is -0.421 e. The Hall–Kier alpha value is -3.57. The Morgan fingerprint density at radius 1 is 1.20 bits per heavy atom. The van der Waals surface area contributed by atoms with E-state index in [4.69, 9.17) is 9.40 Å². The van der Waals surface area contributed by atoms with Crippen LogP contribution in [0.4, 0.5) is 11.7 Å². The number of amides is 1. The molecule has 1 unspecified atom stereocenters. The fraction of sp³-hybridized carbons (Fsp3) is 0.444. The van der Waals surface area contributed by atoms with Gasteiger partial charge < -0.3 is 19.1 Å². The SMILES string of the molecule is CC(=O)N(C)C1CN(c2nc3c(C#N)c(C)c(-c4ccccc4)c(N4CCCC4N(C)C)c3o2)C1. The molecule has 35 heavy (non-hydrogen) atoms. The van der Waals surface area contributed by atoms with Gasteiger partial charge in [-0.15, -0.1) is 0 Å². The average Bonchev–Trinajstić information content (AvgIpc) is 3.45. The third kappa shape index (κ3) is 3.80. The van der Waals surface area contributed by atoms with Gasteiger partial charge in [0.2, 0.25) is 5.91 Å². The van der Waals surface area contributed by atoms with Gasteiger partial charge in [-0.1, -0.05) is 30.3 Å². The predicted octanol–water partition coefficient (Wildman–Crippen LogP) is 3.83. The number of nitrogens with zero attached hydrogens (tertiary/aromatic N) is 6. The second-order valence-corrected chi connectivity index (χ2v) is 9.84. The summed E-state index contributed by atoms with van der Waals surface area (Å²) in [4.78, 5) is 25.0. The van der Waals surface area contributed by atoms with Crippen molar-refractivity contribution in [1.82, 2.24) is 14.8 Å². The minimum atomic E-state index is 0.0492. The monoisotopic (exact) mass is 472 g/mol. The van der Waals surface area contributed by atoms with E-state index in [1.165, 1.54) is 0 Å². The van der Waals surface area contributed by atoms with Crippen LogP contribution in [-0.2, 0) is 4.79 Å². The van der Waals surface area contributed by atoms with Gasteiger partial charge in [-0.25, -0.2) is 0 Å². The second kappa shape index (κ2) is 8.90. The molecule has 0 saturated carbocycles. The van der Waals surface area contributed by atoms with E-state index in [0.717, 1.165) is 41.8 Å². The lowest BCUT2D eigenvalue weighted by Gasteiger charge is -2.42. The third-order valence-corrected chi connectivity index (χ3v) is 7.51. The van der Waals surface area contributed by atoms with Crippen LogP contribution in [0.3, 0.4) is 0 Å². The van der Waals surface area contributed by atoms with Gasteiger partial charge >= 0.3 is 0 Å². The van der Waals surface area contributed by atoms with Crippen molar-refractivity contribution in [3.05, 3.63) is 41.5 Å². The number of aromatic nitrogens is 1. The number of oxazole rings is 1. The summed E-state index contributed by atoms with van der Waals surface area (Å²) in [6, 6.07) is 13.3. The molecule has 182 valence electrons. The first kappa shape index (κ1) is 23.2. The molecule has 5 rings (SSSR count). The Labute approximate surface area is 206 Å². The van der Waals surface area contributed by atoms with Crippen molar-refractivity contribution in [3.63, 3.8) is 0 Å². The molecule has 2 aliphatic heterocycles. The highest BCUT2D eigenvalue weighted by atomic mass is 16.4. The van der Waals surface area contributed by atoms with E-state index in [1.54, 1.807) is 11.8 Å². The molecule has 2 aromatic carbocycles. The van der Waals surface area contributed by atoms with Crippen molar-refractivity contribution in [2.24, 2.45) is 0 Å². The molecule has 3 heterocycles. The summed E-state index contributed by atoms with van der Waals surface area (Å²) < 4.78 is 6.49. The molecule has 0 N–H and O–H groups in total. The van der Waals surface area contributed by atoms with Gasteiger partial charge in [-0.3, -0.25) is 9.69 Å². The molecular weight excluding hydrogens is 440 g/mol. The van der Waals surface area contributed by atoms with E-state index >= 15 is 0 Å². The summed E-state index contributed by atoms with van der Waals surface area (Å²) in [5, 5.41) is 10.2. The van der Waals surface area contributed by atoms with Gasteiger partial charge in [0.25, 0.3) is 6.01 Å². The van der Waals surface area contributed by atoms with E-state index in [-0.39, 0.29) is 18.1 Å². The number of likely N-dealkylation sites (N-methyl/N-ethyl adjacent to an activating group) is 1. The summed E-state index contributed by atoms with van der Waals surface area (Å²) >= 11 is 0. The van der Waals surface area contributed by atoms with Crippen molar-refractivity contribution >= 4 is 28.7 Å². The molecule has 8 heteroatoms. The zero-order valence-electron chi connectivity index (χ0n) is 21.1. The number of hydrogen-bond donors (Lipinski definition) is 0. The Bertz CT molecular complexity index is 1300. The number of carbonyl (C=O) groups excluding carboxylic acids is 1. The topological polar surface area (TPSA) is 79.9 Å². The van der Waals surface area contributed by atoms with Gasteiger partial charge in [0, 0.05) is 39.2 Å². The number of rotatable bonds is 5. The van der Waals surface area contributed by atoms with Gasteiger partial charge in [-0.05, 0) is 45.0 Å². The van der Waals surface area contributed by atoms with E-state index in [2.05, 4.69) is 42.1 Å². The van der Waals surface area contributed by atoms with Crippen LogP contribution in [0.25, 0.3) is 22.2 Å². The smallest absolute Gasteiger partial charge is 0.298 e. The summed E-state index contributed by atoms with van der Waals surface area (Å²) in [6.45, 7) is 5.83. The van der Waals surface area contributed by atoms with Gasteiger partial charge in [0.05, 0.1) is 23.5 Å². The van der Waals surface area contributed by atoms with Gasteiger partial charge in [0.1, 0.15) is 11.6 Å². The van der Waals surface area contributed by atoms with Crippen molar-refractivity contribution < 1.29 is 9.21 Å². The Morgan fingerprint density at radius 3 is 2.54 bits per heavy atom. The van der Waals surface area contributed by atoms with Crippen LogP contribution in [-0.4, -0.2) is 73.7 Å². The highest BCUT2D eigenvalue weighted by molar-refractivity contribution is 6.03. The quantitative estimate of drug-likeness (QED) is 0.558. The summed E-state index contributed by atoms with van der Waals surface area (Å²) in [5.74, 6) is 0.0492. The first-order valence-electron chi connectivity index (χ1n) is 12.2. The molecule has 3 aromatic rings. The summed E-state index contributed by atoms with van der Waals surface area (Å²) in [6.07, 6.45) is 2.39. The number of benzene rings is 2. The molecule has 2 saturated heterocycles. The fourth-order valence-corrected chi connectivity index (χ4v) is 5.40. The molecule has 1 aromatic heterocycles. The molecule has 1 amide bonds. The van der Waals surface area contributed by atoms with Crippen molar-refractivity contribution in [3.8, 4) is 17.2 Å². The average molecular weight is 473 g/mol. The van der Waals surface area contributed by atoms with Gasteiger partial charge in [0.15, 0.2) is 5.58 Å². The van der Waals surface area contributed by atoms with Crippen molar-refractivity contribution in [2.45, 2.75) is 38.9 Å². The third-order valence-electron chi connectivity index (χ3n) is 7.51. The van der Waals surface area contributed by atoms with Crippen LogP contribution in [0.5, 0.6) is 0 Å². The van der Waals surface area contributed by atoms with Crippen LogP contribution in [0, 0.1) is 18.3 Å². The second-order valence-electron chi connectivity index (χ2n) is 9.84. The van der Waals surface area contributed by atoms with E-state index in [0.29, 0.717) is 35.8 Å². The van der Waals surface area contributed by atoms with E-state index in [1.807, 2.05) is 37.1 Å². The molecule has 0 radical (unpaired) electrons. The first-order chi connectivity index (χ1) is 16.8. The normalized spacial score (nSPS) is 18.3. The largest absolute Gasteiger partial charge is 0.421 e. The number of hydrogen-bond acceptors (Lipinski definition) is 7. The van der Waals surface area contributed by atoms with Crippen LogP contribution in [0.2, 0.25) is 0 Å². The summed E-state index contributed by atoms with van der Waals surface area (Å²) in [7, 11) is 6.04. The van der Waals surface area contributed by atoms with E-state index < -0.39 is 0 Å². The highest BCUT2D eigenvalue weighted by Crippen LogP contribution is 2.46. The van der Waals surface area contributed by atoms with Crippen molar-refractivity contribution in [2.75, 3.05) is 50.6 Å². The first-order valence-corrected chi connectivity index (χ1v) is 12.2. The molecule has 0 bridgehead atoms. The zero-order valence-corrected chi connectivity index (χ0v) is 21.1. The van der Waals surface area contributed by atoms with Crippen LogP contribution >= 0.6 is 0 Å². The number of anilines is 2. The summed E-state index contributed by atoms with van der Waals surface area (Å²) in [5.41, 5.74) is 5.85. The Morgan fingerprint density at radius 2 is 1.91 bits per heavy atom. The number of carbonyl (C=O) groups is 1. The molecule has 0 spiro atoms.